The number of hydrogen-bond acceptors (Lipinski definition) is 3. The highest BCUT2D eigenvalue weighted by Gasteiger charge is 1.95. The number of hydrogen-bond donors (Lipinski definition) is 0. The molecule has 0 bridgehead atoms. The first-order valence-electron chi connectivity index (χ1n) is 3.78. The number of rotatable bonds is 2. The summed E-state index contributed by atoms with van der Waals surface area (Å²) in [5.41, 5.74) is 0. The van der Waals surface area contributed by atoms with Crippen molar-refractivity contribution in [2.24, 2.45) is 0 Å². The van der Waals surface area contributed by atoms with Gasteiger partial charge in [0, 0.05) is 5.22 Å². The van der Waals surface area contributed by atoms with Gasteiger partial charge in [-0.1, -0.05) is 18.7 Å². The molecule has 0 aliphatic rings. The smallest absolute Gasteiger partial charge is 0.128 e. The Morgan fingerprint density at radius 2 is 2.08 bits per heavy atom. The van der Waals surface area contributed by atoms with Gasteiger partial charge in [-0.3, -0.25) is 0 Å². The average Bonchev–Trinajstić information content (AvgIpc) is 2.16. The molecule has 0 aromatic heterocycles. The molecule has 70 valence electrons. The molecule has 0 saturated carbocycles. The Morgan fingerprint density at radius 3 is 2.62 bits per heavy atom. The van der Waals surface area contributed by atoms with Crippen LogP contribution in [0.3, 0.4) is 0 Å². The van der Waals surface area contributed by atoms with E-state index < -0.39 is 5.95 Å². The zero-order valence-corrected chi connectivity index (χ0v) is 7.66. The fourth-order valence-corrected chi connectivity index (χ4v) is 1.08. The molecule has 3 nitrogen and oxygen atoms in total. The Kier molecular flexibility index (Phi) is 2.80. The van der Waals surface area contributed by atoms with Crippen LogP contribution in [0.4, 0.5) is 0 Å². The van der Waals surface area contributed by atoms with E-state index in [0.717, 1.165) is 0 Å². The van der Waals surface area contributed by atoms with Crippen LogP contribution in [0.5, 0.6) is 5.75 Å². The molecule has 1 rings (SSSR count). The molecule has 0 fully saturated rings. The third kappa shape index (κ3) is 1.75. The van der Waals surface area contributed by atoms with Crippen molar-refractivity contribution < 1.29 is 14.6 Å². The molecule has 13 heavy (non-hydrogen) atoms. The molecule has 0 amide bonds. The Labute approximate surface area is 76.5 Å². The number of benzene rings is 1. The molecule has 0 radical (unpaired) electrons. The lowest BCUT2D eigenvalue weighted by Crippen LogP contribution is -2.32. The van der Waals surface area contributed by atoms with Crippen molar-refractivity contribution in [2.75, 3.05) is 14.2 Å². The Bertz CT molecular complexity index is 395. The van der Waals surface area contributed by atoms with Gasteiger partial charge in [0.25, 0.3) is 0 Å². The molecule has 0 saturated heterocycles. The quantitative estimate of drug-likeness (QED) is 0.595. The minimum atomic E-state index is -0.428. The largest absolute Gasteiger partial charge is 0.616 e. The van der Waals surface area contributed by atoms with Crippen LogP contribution in [0.25, 0.3) is 12.5 Å². The summed E-state index contributed by atoms with van der Waals surface area (Å²) in [5, 5.41) is 12.3. The summed E-state index contributed by atoms with van der Waals surface area (Å²) in [7, 11) is 2.83. The molecule has 0 atom stereocenters. The lowest BCUT2D eigenvalue weighted by Gasteiger charge is -2.10. The fraction of sp³-hybridized carbons (Fsp3) is 0.200. The summed E-state index contributed by atoms with van der Waals surface area (Å²) in [4.78, 5) is 0. The van der Waals surface area contributed by atoms with Gasteiger partial charge in [0.15, 0.2) is 0 Å². The molecule has 0 N–H and O–H groups in total. The van der Waals surface area contributed by atoms with E-state index in [9.17, 15) is 5.11 Å². The van der Waals surface area contributed by atoms with Crippen molar-refractivity contribution in [3.8, 4) is 5.75 Å². The number of methoxy groups -OCH3 is 2. The van der Waals surface area contributed by atoms with Crippen molar-refractivity contribution in [1.82, 2.24) is 0 Å². The molecular weight excluding hydrogens is 168 g/mol. The van der Waals surface area contributed by atoms with Crippen LogP contribution >= 0.6 is 0 Å². The van der Waals surface area contributed by atoms with Crippen LogP contribution in [0.1, 0.15) is 0 Å². The molecule has 0 unspecified atom stereocenters. The Balaban J connectivity index is 3.59. The molecule has 1 aromatic carbocycles. The van der Waals surface area contributed by atoms with Crippen molar-refractivity contribution in [1.29, 1.82) is 0 Å². The minimum Gasteiger partial charge on any atom is -0.616 e. The zero-order chi connectivity index (χ0) is 9.84. The first-order chi connectivity index (χ1) is 6.20. The molecule has 0 heterocycles. The van der Waals surface area contributed by atoms with Crippen LogP contribution in [-0.2, 0) is 4.74 Å². The van der Waals surface area contributed by atoms with Gasteiger partial charge in [-0.05, 0) is 18.4 Å². The summed E-state index contributed by atoms with van der Waals surface area (Å²) in [5.74, 6) is 0.0572. The Morgan fingerprint density at radius 1 is 1.38 bits per heavy atom. The van der Waals surface area contributed by atoms with Crippen molar-refractivity contribution >= 4 is 12.5 Å². The summed E-state index contributed by atoms with van der Waals surface area (Å²) in [6.45, 7) is 3.72. The summed E-state index contributed by atoms with van der Waals surface area (Å²) in [6, 6.07) is 5.20. The predicted octanol–water partition coefficient (Wildman–Crippen LogP) is -0.822. The minimum absolute atomic E-state index is 0.382. The lowest BCUT2D eigenvalue weighted by atomic mass is 10.2. The SMILES string of the molecule is C=c1cccc(OC)/c1=C(\[O-])OC. The summed E-state index contributed by atoms with van der Waals surface area (Å²) >= 11 is 0. The highest BCUT2D eigenvalue weighted by molar-refractivity contribution is 5.37. The van der Waals surface area contributed by atoms with E-state index >= 15 is 0 Å². The van der Waals surface area contributed by atoms with E-state index in [1.807, 2.05) is 0 Å². The second-order valence-electron chi connectivity index (χ2n) is 2.49. The highest BCUT2D eigenvalue weighted by Crippen LogP contribution is 1.98. The van der Waals surface area contributed by atoms with E-state index in [2.05, 4.69) is 11.3 Å². The molecule has 0 aliphatic carbocycles. The van der Waals surface area contributed by atoms with Gasteiger partial charge in [0.05, 0.1) is 13.1 Å². The van der Waals surface area contributed by atoms with Gasteiger partial charge in [0.2, 0.25) is 0 Å². The monoisotopic (exact) mass is 179 g/mol. The third-order valence-electron chi connectivity index (χ3n) is 1.72. The molecular formula is C10H11O3-. The first kappa shape index (κ1) is 9.45. The van der Waals surface area contributed by atoms with Crippen LogP contribution in [0.15, 0.2) is 18.2 Å². The van der Waals surface area contributed by atoms with Gasteiger partial charge in [-0.25, -0.2) is 0 Å². The van der Waals surface area contributed by atoms with Crippen LogP contribution in [0.2, 0.25) is 0 Å². The molecule has 0 aliphatic heterocycles. The van der Waals surface area contributed by atoms with Gasteiger partial charge >= 0.3 is 0 Å². The van der Waals surface area contributed by atoms with Crippen molar-refractivity contribution in [3.05, 3.63) is 28.6 Å². The lowest BCUT2D eigenvalue weighted by molar-refractivity contribution is -0.288. The third-order valence-corrected chi connectivity index (χ3v) is 1.72. The molecule has 1 aromatic rings. The number of ether oxygens (including phenoxy) is 2. The van der Waals surface area contributed by atoms with E-state index in [1.54, 1.807) is 18.2 Å². The van der Waals surface area contributed by atoms with E-state index in [-0.39, 0.29) is 0 Å². The van der Waals surface area contributed by atoms with Gasteiger partial charge in [-0.2, -0.15) is 0 Å². The van der Waals surface area contributed by atoms with Gasteiger partial charge in [0.1, 0.15) is 5.75 Å². The first-order valence-corrected chi connectivity index (χ1v) is 3.78. The summed E-state index contributed by atoms with van der Waals surface area (Å²) in [6.07, 6.45) is 0. The zero-order valence-electron chi connectivity index (χ0n) is 7.66. The van der Waals surface area contributed by atoms with E-state index in [0.29, 0.717) is 16.2 Å². The molecule has 3 heteroatoms. The molecule has 0 spiro atoms. The standard InChI is InChI=1S/C10H12O3/c1-7-5-4-6-8(12-2)9(7)10(11)13-3/h4-6,11H,1H2,2-3H3/p-1/b10-9+. The predicted molar refractivity (Wildman–Crippen MR) is 48.2 cm³/mol. The van der Waals surface area contributed by atoms with Crippen molar-refractivity contribution in [3.63, 3.8) is 0 Å². The average molecular weight is 179 g/mol. The fourth-order valence-electron chi connectivity index (χ4n) is 1.08. The van der Waals surface area contributed by atoms with Crippen LogP contribution in [-0.4, -0.2) is 14.2 Å². The maximum atomic E-state index is 11.3. The topological polar surface area (TPSA) is 41.5 Å². The highest BCUT2D eigenvalue weighted by atomic mass is 16.6. The maximum absolute atomic E-state index is 11.3. The van der Waals surface area contributed by atoms with E-state index in [1.165, 1.54) is 14.2 Å². The van der Waals surface area contributed by atoms with Crippen LogP contribution < -0.4 is 20.3 Å². The second kappa shape index (κ2) is 3.85. The maximum Gasteiger partial charge on any atom is 0.128 e. The van der Waals surface area contributed by atoms with Gasteiger partial charge in [-0.15, -0.1) is 0 Å². The normalized spacial score (nSPS) is 12.2. The van der Waals surface area contributed by atoms with Gasteiger partial charge < -0.3 is 14.6 Å². The van der Waals surface area contributed by atoms with Crippen molar-refractivity contribution in [2.45, 2.75) is 0 Å². The summed E-state index contributed by atoms with van der Waals surface area (Å²) < 4.78 is 9.61. The Hall–Kier alpha value is -1.64. The second-order valence-corrected chi connectivity index (χ2v) is 2.49. The van der Waals surface area contributed by atoms with E-state index in [4.69, 9.17) is 4.74 Å². The van der Waals surface area contributed by atoms with Crippen LogP contribution in [0, 0.1) is 0 Å².